The summed E-state index contributed by atoms with van der Waals surface area (Å²) >= 11 is 0. The maximum absolute atomic E-state index is 12.0. The molecule has 1 aromatic carbocycles. The predicted molar refractivity (Wildman–Crippen MR) is 86.1 cm³/mol. The van der Waals surface area contributed by atoms with Gasteiger partial charge in [-0.3, -0.25) is 9.78 Å². The number of pyridine rings is 1. The molecule has 1 aromatic heterocycles. The smallest absolute Gasteiger partial charge is 0.252 e. The Morgan fingerprint density at radius 2 is 2.41 bits per heavy atom. The number of anilines is 1. The van der Waals surface area contributed by atoms with E-state index >= 15 is 0 Å². The summed E-state index contributed by atoms with van der Waals surface area (Å²) in [7, 11) is 1.70. The minimum Gasteiger partial charge on any atom is -0.383 e. The lowest BCUT2D eigenvalue weighted by atomic mass is 10.0. The van der Waals surface area contributed by atoms with Crippen molar-refractivity contribution in [3.63, 3.8) is 0 Å². The number of carbonyl (C=O) groups is 1. The van der Waals surface area contributed by atoms with Crippen LogP contribution >= 0.6 is 0 Å². The highest BCUT2D eigenvalue weighted by molar-refractivity contribution is 6.08. The lowest BCUT2D eigenvalue weighted by Gasteiger charge is -2.29. The number of fused-ring (bicyclic) bond motifs is 1. The molecule has 2 N–H and O–H groups in total. The Bertz CT molecular complexity index is 714. The van der Waals surface area contributed by atoms with E-state index in [1.807, 2.05) is 25.1 Å². The maximum atomic E-state index is 12.0. The monoisotopic (exact) mass is 298 g/mol. The maximum Gasteiger partial charge on any atom is 0.252 e. The van der Waals surface area contributed by atoms with Gasteiger partial charge in [0.25, 0.3) is 5.91 Å². The fraction of sp³-hybridized carbons (Fsp3) is 0.412. The Labute approximate surface area is 130 Å². The second kappa shape index (κ2) is 5.93. The van der Waals surface area contributed by atoms with Gasteiger partial charge in [-0.05, 0) is 31.9 Å². The lowest BCUT2D eigenvalue weighted by Crippen LogP contribution is -2.35. The molecule has 0 bridgehead atoms. The van der Waals surface area contributed by atoms with Crippen molar-refractivity contribution in [3.05, 3.63) is 35.5 Å². The standard InChI is InChI=1S/C17H20N3O2/c1-11-15(17(18)21)16(13-7-3-4-8-14(13)19-11)20-9-5-6-12(20)10-22-2/h3,7-8,12H,5-6,9-10H2,1-2H3,(H2,18,21). The van der Waals surface area contributed by atoms with E-state index in [9.17, 15) is 4.79 Å². The van der Waals surface area contributed by atoms with E-state index in [2.05, 4.69) is 16.0 Å². The third-order valence-corrected chi connectivity index (χ3v) is 4.25. The fourth-order valence-electron chi connectivity index (χ4n) is 3.35. The van der Waals surface area contributed by atoms with Crippen LogP contribution in [0.5, 0.6) is 0 Å². The summed E-state index contributed by atoms with van der Waals surface area (Å²) in [6.45, 7) is 3.36. The first-order valence-corrected chi connectivity index (χ1v) is 7.49. The van der Waals surface area contributed by atoms with E-state index in [1.165, 1.54) is 0 Å². The van der Waals surface area contributed by atoms with Crippen molar-refractivity contribution in [3.8, 4) is 0 Å². The Hall–Kier alpha value is -2.14. The summed E-state index contributed by atoms with van der Waals surface area (Å²) < 4.78 is 5.34. The number of aromatic nitrogens is 1. The van der Waals surface area contributed by atoms with Crippen LogP contribution in [0.15, 0.2) is 18.2 Å². The first-order valence-electron chi connectivity index (χ1n) is 7.49. The van der Waals surface area contributed by atoms with Crippen molar-refractivity contribution in [1.29, 1.82) is 0 Å². The molecule has 0 spiro atoms. The predicted octanol–water partition coefficient (Wildman–Crippen LogP) is 2.06. The number of ether oxygens (including phenoxy) is 1. The number of aryl methyl sites for hydroxylation is 1. The summed E-state index contributed by atoms with van der Waals surface area (Å²) in [6.07, 6.45) is 2.13. The van der Waals surface area contributed by atoms with Gasteiger partial charge in [-0.25, -0.2) is 0 Å². The van der Waals surface area contributed by atoms with Crippen LogP contribution in [0.2, 0.25) is 0 Å². The Morgan fingerprint density at radius 3 is 3.14 bits per heavy atom. The van der Waals surface area contributed by atoms with Gasteiger partial charge >= 0.3 is 0 Å². The van der Waals surface area contributed by atoms with E-state index in [0.717, 1.165) is 36.0 Å². The molecule has 2 aromatic rings. The molecular formula is C17H20N3O2. The topological polar surface area (TPSA) is 68.5 Å². The van der Waals surface area contributed by atoms with Crippen LogP contribution < -0.4 is 10.6 Å². The van der Waals surface area contributed by atoms with Crippen LogP contribution in [0.3, 0.4) is 0 Å². The number of nitrogens with two attached hydrogens (primary N) is 1. The number of carbonyl (C=O) groups excluding carboxylic acids is 1. The SMILES string of the molecule is COCC1CCCN1c1c(C(N)=O)c(C)nc2c[c]ccc12. The van der Waals surface area contributed by atoms with Crippen molar-refractivity contribution >= 4 is 22.5 Å². The molecule has 3 rings (SSSR count). The number of hydrogen-bond donors (Lipinski definition) is 1. The molecule has 22 heavy (non-hydrogen) atoms. The van der Waals surface area contributed by atoms with Gasteiger partial charge < -0.3 is 15.4 Å². The second-order valence-electron chi connectivity index (χ2n) is 5.67. The summed E-state index contributed by atoms with van der Waals surface area (Å²) in [5, 5.41) is 0.946. The van der Waals surface area contributed by atoms with E-state index in [1.54, 1.807) is 7.11 Å². The van der Waals surface area contributed by atoms with Gasteiger partial charge in [0.1, 0.15) is 0 Å². The summed E-state index contributed by atoms with van der Waals surface area (Å²) in [6, 6.07) is 8.94. The van der Waals surface area contributed by atoms with Crippen LogP contribution in [0.25, 0.3) is 10.9 Å². The molecule has 115 valence electrons. The largest absolute Gasteiger partial charge is 0.383 e. The van der Waals surface area contributed by atoms with Crippen molar-refractivity contribution in [2.24, 2.45) is 5.73 Å². The Balaban J connectivity index is 2.25. The third-order valence-electron chi connectivity index (χ3n) is 4.25. The fourth-order valence-corrected chi connectivity index (χ4v) is 3.35. The Morgan fingerprint density at radius 1 is 1.59 bits per heavy atom. The number of primary amides is 1. The van der Waals surface area contributed by atoms with Gasteiger partial charge in [0, 0.05) is 19.0 Å². The van der Waals surface area contributed by atoms with Crippen molar-refractivity contribution in [1.82, 2.24) is 4.98 Å². The van der Waals surface area contributed by atoms with Gasteiger partial charge in [0.05, 0.1) is 35.1 Å². The molecule has 1 saturated heterocycles. The van der Waals surface area contributed by atoms with Crippen LogP contribution in [-0.4, -0.2) is 37.2 Å². The summed E-state index contributed by atoms with van der Waals surface area (Å²) in [4.78, 5) is 18.8. The number of rotatable bonds is 4. The molecule has 1 atom stereocenters. The molecule has 2 heterocycles. The highest BCUT2D eigenvalue weighted by atomic mass is 16.5. The average Bonchev–Trinajstić information content (AvgIpc) is 2.93. The first kappa shape index (κ1) is 14.8. The first-order chi connectivity index (χ1) is 10.6. The van der Waals surface area contributed by atoms with Crippen LogP contribution in [0, 0.1) is 13.0 Å². The van der Waals surface area contributed by atoms with E-state index < -0.39 is 5.91 Å². The molecule has 0 saturated carbocycles. The Kier molecular flexibility index (Phi) is 3.98. The van der Waals surface area contributed by atoms with E-state index in [-0.39, 0.29) is 6.04 Å². The van der Waals surface area contributed by atoms with Gasteiger partial charge in [0.2, 0.25) is 0 Å². The van der Waals surface area contributed by atoms with Crippen molar-refractivity contribution in [2.75, 3.05) is 25.2 Å². The zero-order valence-electron chi connectivity index (χ0n) is 12.9. The molecule has 0 aliphatic carbocycles. The molecule has 1 unspecified atom stereocenters. The quantitative estimate of drug-likeness (QED) is 0.938. The minimum atomic E-state index is -0.433. The number of benzene rings is 1. The molecule has 5 heteroatoms. The van der Waals surface area contributed by atoms with E-state index in [4.69, 9.17) is 10.5 Å². The summed E-state index contributed by atoms with van der Waals surface area (Å²) in [5.74, 6) is -0.433. The normalized spacial score (nSPS) is 18.1. The molecule has 1 fully saturated rings. The molecule has 1 aliphatic rings. The van der Waals surface area contributed by atoms with Gasteiger partial charge in [-0.15, -0.1) is 0 Å². The summed E-state index contributed by atoms with van der Waals surface area (Å²) in [5.41, 5.74) is 8.56. The number of methoxy groups -OCH3 is 1. The third kappa shape index (κ3) is 2.41. The van der Waals surface area contributed by atoms with Gasteiger partial charge in [-0.1, -0.05) is 12.1 Å². The number of hydrogen-bond acceptors (Lipinski definition) is 4. The molecule has 1 radical (unpaired) electrons. The highest BCUT2D eigenvalue weighted by Crippen LogP contribution is 2.36. The van der Waals surface area contributed by atoms with Gasteiger partial charge in [-0.2, -0.15) is 0 Å². The minimum absolute atomic E-state index is 0.261. The molecule has 1 aliphatic heterocycles. The zero-order chi connectivity index (χ0) is 15.7. The molecule has 1 amide bonds. The number of nitrogens with zero attached hydrogens (tertiary/aromatic N) is 2. The molecule has 5 nitrogen and oxygen atoms in total. The van der Waals surface area contributed by atoms with Gasteiger partial charge in [0.15, 0.2) is 0 Å². The highest BCUT2D eigenvalue weighted by Gasteiger charge is 2.30. The van der Waals surface area contributed by atoms with Crippen molar-refractivity contribution in [2.45, 2.75) is 25.8 Å². The second-order valence-corrected chi connectivity index (χ2v) is 5.67. The average molecular weight is 298 g/mol. The van der Waals surface area contributed by atoms with E-state index in [0.29, 0.717) is 17.9 Å². The number of amides is 1. The van der Waals surface area contributed by atoms with Crippen LogP contribution in [-0.2, 0) is 4.74 Å². The van der Waals surface area contributed by atoms with Crippen LogP contribution in [0.1, 0.15) is 28.9 Å². The molecular weight excluding hydrogens is 278 g/mol. The van der Waals surface area contributed by atoms with Crippen molar-refractivity contribution < 1.29 is 9.53 Å². The lowest BCUT2D eigenvalue weighted by molar-refractivity contribution is 0.0999. The zero-order valence-corrected chi connectivity index (χ0v) is 12.9. The van der Waals surface area contributed by atoms with Crippen LogP contribution in [0.4, 0.5) is 5.69 Å².